The van der Waals surface area contributed by atoms with Crippen LogP contribution in [0.3, 0.4) is 0 Å². The van der Waals surface area contributed by atoms with E-state index in [4.69, 9.17) is 9.47 Å². The predicted octanol–water partition coefficient (Wildman–Crippen LogP) is 2.69. The molecular formula is C18H19N3O5. The van der Waals surface area contributed by atoms with Gasteiger partial charge in [0, 0.05) is 36.6 Å². The van der Waals surface area contributed by atoms with Crippen molar-refractivity contribution in [2.45, 2.75) is 0 Å². The van der Waals surface area contributed by atoms with Crippen molar-refractivity contribution >= 4 is 23.0 Å². The largest absolute Gasteiger partial charge is 0.496 e. The van der Waals surface area contributed by atoms with Crippen LogP contribution in [-0.2, 0) is 4.74 Å². The van der Waals surface area contributed by atoms with Crippen LogP contribution in [0.1, 0.15) is 10.4 Å². The summed E-state index contributed by atoms with van der Waals surface area (Å²) < 4.78 is 10.5. The second-order valence-corrected chi connectivity index (χ2v) is 5.74. The molecule has 1 fully saturated rings. The average molecular weight is 357 g/mol. The highest BCUT2D eigenvalue weighted by Crippen LogP contribution is 2.25. The van der Waals surface area contributed by atoms with Crippen LogP contribution >= 0.6 is 0 Å². The standard InChI is InChI=1S/C18H19N3O5/c1-25-17-7-6-15(21(23)24)12-16(17)18(22)19-13-2-4-14(5-3-13)20-8-10-26-11-9-20/h2-7,12H,8-11H2,1H3,(H,19,22). The first-order chi connectivity index (χ1) is 12.6. The number of non-ortho nitro benzene ring substituents is 1. The van der Waals surface area contributed by atoms with Crippen molar-refractivity contribution in [1.29, 1.82) is 0 Å². The molecule has 1 heterocycles. The fourth-order valence-corrected chi connectivity index (χ4v) is 2.76. The minimum atomic E-state index is -0.548. The van der Waals surface area contributed by atoms with E-state index in [1.807, 2.05) is 12.1 Å². The molecule has 1 saturated heterocycles. The van der Waals surface area contributed by atoms with Crippen molar-refractivity contribution < 1.29 is 19.2 Å². The smallest absolute Gasteiger partial charge is 0.270 e. The van der Waals surface area contributed by atoms with Crippen LogP contribution in [-0.4, -0.2) is 44.2 Å². The average Bonchev–Trinajstić information content (AvgIpc) is 2.68. The van der Waals surface area contributed by atoms with Crippen molar-refractivity contribution in [3.63, 3.8) is 0 Å². The van der Waals surface area contributed by atoms with Crippen molar-refractivity contribution in [3.05, 3.63) is 58.1 Å². The van der Waals surface area contributed by atoms with Crippen LogP contribution in [0.4, 0.5) is 17.1 Å². The molecule has 0 atom stereocenters. The van der Waals surface area contributed by atoms with Gasteiger partial charge >= 0.3 is 0 Å². The van der Waals surface area contributed by atoms with E-state index in [9.17, 15) is 14.9 Å². The van der Waals surface area contributed by atoms with Crippen molar-refractivity contribution in [3.8, 4) is 5.75 Å². The van der Waals surface area contributed by atoms with E-state index >= 15 is 0 Å². The predicted molar refractivity (Wildman–Crippen MR) is 97.1 cm³/mol. The van der Waals surface area contributed by atoms with Gasteiger partial charge in [0.25, 0.3) is 11.6 Å². The Balaban J connectivity index is 1.75. The fourth-order valence-electron chi connectivity index (χ4n) is 2.76. The number of amides is 1. The second-order valence-electron chi connectivity index (χ2n) is 5.74. The molecule has 1 amide bonds. The first kappa shape index (κ1) is 17.7. The Morgan fingerprint density at radius 3 is 2.50 bits per heavy atom. The van der Waals surface area contributed by atoms with Crippen molar-refractivity contribution in [2.24, 2.45) is 0 Å². The summed E-state index contributed by atoms with van der Waals surface area (Å²) in [6, 6.07) is 11.4. The number of methoxy groups -OCH3 is 1. The first-order valence-electron chi connectivity index (χ1n) is 8.15. The highest BCUT2D eigenvalue weighted by molar-refractivity contribution is 6.06. The molecule has 2 aromatic carbocycles. The molecule has 26 heavy (non-hydrogen) atoms. The van der Waals surface area contributed by atoms with Gasteiger partial charge in [-0.05, 0) is 30.3 Å². The highest BCUT2D eigenvalue weighted by atomic mass is 16.6. The van der Waals surface area contributed by atoms with Crippen LogP contribution in [0.15, 0.2) is 42.5 Å². The van der Waals surface area contributed by atoms with Crippen LogP contribution in [0.2, 0.25) is 0 Å². The van der Waals surface area contributed by atoms with Gasteiger partial charge < -0.3 is 19.7 Å². The lowest BCUT2D eigenvalue weighted by molar-refractivity contribution is -0.384. The molecule has 136 valence electrons. The minimum Gasteiger partial charge on any atom is -0.496 e. The summed E-state index contributed by atoms with van der Waals surface area (Å²) in [6.07, 6.45) is 0. The van der Waals surface area contributed by atoms with Gasteiger partial charge in [0.1, 0.15) is 5.75 Å². The molecule has 8 heteroatoms. The summed E-state index contributed by atoms with van der Waals surface area (Å²) in [5, 5.41) is 13.7. The van der Waals surface area contributed by atoms with Gasteiger partial charge in [0.15, 0.2) is 0 Å². The Hall–Kier alpha value is -3.13. The molecule has 2 aromatic rings. The number of morpholine rings is 1. The Labute approximate surface area is 150 Å². The van der Waals surface area contributed by atoms with Crippen LogP contribution in [0, 0.1) is 10.1 Å². The third-order valence-corrected chi connectivity index (χ3v) is 4.14. The molecule has 0 aromatic heterocycles. The molecule has 0 bridgehead atoms. The fraction of sp³-hybridized carbons (Fsp3) is 0.278. The van der Waals surface area contributed by atoms with Crippen molar-refractivity contribution in [2.75, 3.05) is 43.6 Å². The molecule has 0 saturated carbocycles. The normalized spacial score (nSPS) is 14.0. The lowest BCUT2D eigenvalue weighted by Crippen LogP contribution is -2.36. The number of carbonyl (C=O) groups excluding carboxylic acids is 1. The van der Waals surface area contributed by atoms with Gasteiger partial charge in [-0.25, -0.2) is 0 Å². The number of rotatable bonds is 5. The number of ether oxygens (including phenoxy) is 2. The number of carbonyl (C=O) groups is 1. The number of benzene rings is 2. The van der Waals surface area contributed by atoms with Crippen LogP contribution < -0.4 is 15.0 Å². The minimum absolute atomic E-state index is 0.110. The first-order valence-corrected chi connectivity index (χ1v) is 8.15. The highest BCUT2D eigenvalue weighted by Gasteiger charge is 2.18. The Bertz CT molecular complexity index is 801. The number of anilines is 2. The summed E-state index contributed by atoms with van der Waals surface area (Å²) in [4.78, 5) is 25.1. The molecular weight excluding hydrogens is 338 g/mol. The Kier molecular flexibility index (Phi) is 5.33. The quantitative estimate of drug-likeness (QED) is 0.653. The second kappa shape index (κ2) is 7.83. The van der Waals surface area contributed by atoms with E-state index in [0.29, 0.717) is 18.9 Å². The van der Waals surface area contributed by atoms with Crippen LogP contribution in [0.5, 0.6) is 5.75 Å². The monoisotopic (exact) mass is 357 g/mol. The molecule has 0 aliphatic carbocycles. The van der Waals surface area contributed by atoms with E-state index in [1.54, 1.807) is 12.1 Å². The molecule has 1 aliphatic heterocycles. The molecule has 3 rings (SSSR count). The van der Waals surface area contributed by atoms with Gasteiger partial charge in [-0.3, -0.25) is 14.9 Å². The molecule has 1 N–H and O–H groups in total. The van der Waals surface area contributed by atoms with Gasteiger partial charge in [0.05, 0.1) is 30.8 Å². The molecule has 0 unspecified atom stereocenters. The molecule has 0 spiro atoms. The van der Waals surface area contributed by atoms with Gasteiger partial charge in [-0.15, -0.1) is 0 Å². The number of nitrogens with one attached hydrogen (secondary N) is 1. The zero-order valence-corrected chi connectivity index (χ0v) is 14.3. The third kappa shape index (κ3) is 3.92. The number of nitro benzene ring substituents is 1. The number of hydrogen-bond acceptors (Lipinski definition) is 6. The maximum atomic E-state index is 12.5. The van der Waals surface area contributed by atoms with Gasteiger partial charge in [-0.1, -0.05) is 0 Å². The maximum absolute atomic E-state index is 12.5. The SMILES string of the molecule is COc1ccc([N+](=O)[O-])cc1C(=O)Nc1ccc(N2CCOCC2)cc1. The van der Waals surface area contributed by atoms with Crippen LogP contribution in [0.25, 0.3) is 0 Å². The molecule has 1 aliphatic rings. The van der Waals surface area contributed by atoms with Gasteiger partial charge in [-0.2, -0.15) is 0 Å². The zero-order chi connectivity index (χ0) is 18.5. The third-order valence-electron chi connectivity index (χ3n) is 4.14. The van der Waals surface area contributed by atoms with E-state index < -0.39 is 10.8 Å². The summed E-state index contributed by atoms with van der Waals surface area (Å²) in [5.74, 6) is -0.192. The molecule has 8 nitrogen and oxygen atoms in total. The van der Waals surface area contributed by atoms with Crippen molar-refractivity contribution in [1.82, 2.24) is 0 Å². The number of hydrogen-bond donors (Lipinski definition) is 1. The summed E-state index contributed by atoms with van der Waals surface area (Å²) in [7, 11) is 1.41. The Morgan fingerprint density at radius 2 is 1.88 bits per heavy atom. The lowest BCUT2D eigenvalue weighted by atomic mass is 10.1. The number of nitrogens with zero attached hydrogens (tertiary/aromatic N) is 2. The lowest BCUT2D eigenvalue weighted by Gasteiger charge is -2.28. The maximum Gasteiger partial charge on any atom is 0.270 e. The van der Waals surface area contributed by atoms with E-state index in [2.05, 4.69) is 10.2 Å². The Morgan fingerprint density at radius 1 is 1.19 bits per heavy atom. The summed E-state index contributed by atoms with van der Waals surface area (Å²) in [6.45, 7) is 3.06. The topological polar surface area (TPSA) is 93.9 Å². The van der Waals surface area contributed by atoms with E-state index in [1.165, 1.54) is 25.3 Å². The van der Waals surface area contributed by atoms with E-state index in [-0.39, 0.29) is 17.0 Å². The summed E-state index contributed by atoms with van der Waals surface area (Å²) in [5.41, 5.74) is 1.59. The zero-order valence-electron chi connectivity index (χ0n) is 14.3. The van der Waals surface area contributed by atoms with E-state index in [0.717, 1.165) is 18.8 Å². The van der Waals surface area contributed by atoms with Gasteiger partial charge in [0.2, 0.25) is 0 Å². The number of nitro groups is 1. The summed E-state index contributed by atoms with van der Waals surface area (Å²) >= 11 is 0. The molecule has 0 radical (unpaired) electrons.